The van der Waals surface area contributed by atoms with Crippen molar-refractivity contribution >= 4 is 28.1 Å². The fraction of sp³-hybridized carbons (Fsp3) is 0.588. The third-order valence-corrected chi connectivity index (χ3v) is 6.44. The molecule has 0 aliphatic carbocycles. The quantitative estimate of drug-likeness (QED) is 0.831. The van der Waals surface area contributed by atoms with Crippen molar-refractivity contribution in [3.8, 4) is 0 Å². The molecule has 0 spiro atoms. The third kappa shape index (κ3) is 3.55. The molecule has 0 unspecified atom stereocenters. The molecule has 2 aromatic rings. The van der Waals surface area contributed by atoms with Crippen molar-refractivity contribution in [3.05, 3.63) is 34.3 Å². The van der Waals surface area contributed by atoms with E-state index in [0.29, 0.717) is 11.1 Å². The molecule has 0 bridgehead atoms. The number of halogens is 1. The number of nitrogens with zero attached hydrogens (tertiary/aromatic N) is 5. The van der Waals surface area contributed by atoms with Gasteiger partial charge in [-0.1, -0.05) is 22.9 Å². The van der Waals surface area contributed by atoms with Crippen molar-refractivity contribution in [2.75, 3.05) is 31.1 Å². The van der Waals surface area contributed by atoms with E-state index in [1.807, 2.05) is 12.3 Å². The van der Waals surface area contributed by atoms with Gasteiger partial charge < -0.3 is 4.90 Å². The molecule has 2 saturated heterocycles. The maximum absolute atomic E-state index is 6.42. The summed E-state index contributed by atoms with van der Waals surface area (Å²) in [5.41, 5.74) is 1.16. The lowest BCUT2D eigenvalue weighted by Crippen LogP contribution is -2.34. The zero-order valence-electron chi connectivity index (χ0n) is 13.7. The Bertz CT molecular complexity index is 671. The Kier molecular flexibility index (Phi) is 4.96. The number of rotatable bonds is 4. The smallest absolute Gasteiger partial charge is 0.187 e. The fourth-order valence-electron chi connectivity index (χ4n) is 3.65. The lowest BCUT2D eigenvalue weighted by molar-refractivity contribution is 0.200. The van der Waals surface area contributed by atoms with Crippen LogP contribution in [0.5, 0.6) is 0 Å². The predicted octanol–water partition coefficient (Wildman–Crippen LogP) is 3.57. The molecule has 7 heteroatoms. The summed E-state index contributed by atoms with van der Waals surface area (Å²) in [5.74, 6) is 0.492. The van der Waals surface area contributed by atoms with Crippen molar-refractivity contribution in [1.29, 1.82) is 0 Å². The molecule has 0 radical (unpaired) electrons. The van der Waals surface area contributed by atoms with Gasteiger partial charge in [0.15, 0.2) is 5.13 Å². The SMILES string of the molecule is Clc1nc(N2CCCC2)sc1CN1CCC[C@H](c2ccncn2)C1. The van der Waals surface area contributed by atoms with Gasteiger partial charge in [-0.3, -0.25) is 4.90 Å². The molecule has 2 aliphatic heterocycles. The van der Waals surface area contributed by atoms with Crippen molar-refractivity contribution in [3.63, 3.8) is 0 Å². The van der Waals surface area contributed by atoms with Gasteiger partial charge in [0.25, 0.3) is 0 Å². The molecule has 24 heavy (non-hydrogen) atoms. The highest BCUT2D eigenvalue weighted by Gasteiger charge is 2.25. The van der Waals surface area contributed by atoms with Crippen LogP contribution >= 0.6 is 22.9 Å². The number of hydrogen-bond donors (Lipinski definition) is 0. The molecular formula is C17H22ClN5S. The van der Waals surface area contributed by atoms with Crippen LogP contribution in [-0.2, 0) is 6.54 Å². The molecule has 4 heterocycles. The Balaban J connectivity index is 1.43. The van der Waals surface area contributed by atoms with Crippen molar-refractivity contribution < 1.29 is 0 Å². The lowest BCUT2D eigenvalue weighted by Gasteiger charge is -2.32. The van der Waals surface area contributed by atoms with E-state index in [9.17, 15) is 0 Å². The summed E-state index contributed by atoms with van der Waals surface area (Å²) in [5, 5.41) is 1.78. The van der Waals surface area contributed by atoms with E-state index in [4.69, 9.17) is 11.6 Å². The van der Waals surface area contributed by atoms with Crippen LogP contribution in [0.3, 0.4) is 0 Å². The largest absolute Gasteiger partial charge is 0.348 e. The van der Waals surface area contributed by atoms with Crippen molar-refractivity contribution in [2.24, 2.45) is 0 Å². The second kappa shape index (κ2) is 7.33. The molecule has 0 aromatic carbocycles. The van der Waals surface area contributed by atoms with E-state index in [1.54, 1.807) is 17.7 Å². The van der Waals surface area contributed by atoms with Crippen LogP contribution in [0.25, 0.3) is 0 Å². The molecule has 0 N–H and O–H groups in total. The predicted molar refractivity (Wildman–Crippen MR) is 97.9 cm³/mol. The Morgan fingerprint density at radius 1 is 1.21 bits per heavy atom. The minimum Gasteiger partial charge on any atom is -0.348 e. The first kappa shape index (κ1) is 16.2. The molecule has 5 nitrogen and oxygen atoms in total. The molecule has 128 valence electrons. The molecule has 2 aromatic heterocycles. The third-order valence-electron chi connectivity index (χ3n) is 4.91. The van der Waals surface area contributed by atoms with Gasteiger partial charge in [-0.15, -0.1) is 0 Å². The van der Waals surface area contributed by atoms with E-state index >= 15 is 0 Å². The van der Waals surface area contributed by atoms with E-state index in [1.165, 1.54) is 30.6 Å². The molecule has 0 saturated carbocycles. The molecule has 0 amide bonds. The van der Waals surface area contributed by atoms with Gasteiger partial charge in [-0.05, 0) is 38.3 Å². The number of piperidine rings is 1. The van der Waals surface area contributed by atoms with Crippen LogP contribution < -0.4 is 4.90 Å². The Labute approximate surface area is 151 Å². The lowest BCUT2D eigenvalue weighted by atomic mass is 9.94. The van der Waals surface area contributed by atoms with E-state index in [-0.39, 0.29) is 0 Å². The molecule has 4 rings (SSSR count). The van der Waals surface area contributed by atoms with E-state index in [0.717, 1.165) is 43.5 Å². The number of likely N-dealkylation sites (tertiary alicyclic amines) is 1. The Morgan fingerprint density at radius 2 is 2.08 bits per heavy atom. The topological polar surface area (TPSA) is 45.2 Å². The Morgan fingerprint density at radius 3 is 2.88 bits per heavy atom. The normalized spacial score (nSPS) is 22.2. The highest BCUT2D eigenvalue weighted by molar-refractivity contribution is 7.16. The van der Waals surface area contributed by atoms with Crippen LogP contribution in [0.2, 0.25) is 5.15 Å². The number of thiazole rings is 1. The fourth-order valence-corrected chi connectivity index (χ4v) is 5.00. The average molecular weight is 364 g/mol. The zero-order valence-corrected chi connectivity index (χ0v) is 15.3. The highest BCUT2D eigenvalue weighted by atomic mass is 35.5. The summed E-state index contributed by atoms with van der Waals surface area (Å²) < 4.78 is 0. The highest BCUT2D eigenvalue weighted by Crippen LogP contribution is 2.34. The monoisotopic (exact) mass is 363 g/mol. The van der Waals surface area contributed by atoms with Gasteiger partial charge in [0, 0.05) is 44.0 Å². The first-order valence-corrected chi connectivity index (χ1v) is 9.87. The van der Waals surface area contributed by atoms with Gasteiger partial charge in [-0.2, -0.15) is 0 Å². The number of hydrogen-bond acceptors (Lipinski definition) is 6. The van der Waals surface area contributed by atoms with E-state index < -0.39 is 0 Å². The van der Waals surface area contributed by atoms with Crippen LogP contribution in [0.1, 0.15) is 42.2 Å². The van der Waals surface area contributed by atoms with Crippen LogP contribution in [0.4, 0.5) is 5.13 Å². The maximum Gasteiger partial charge on any atom is 0.187 e. The van der Waals surface area contributed by atoms with E-state index in [2.05, 4.69) is 24.8 Å². The maximum atomic E-state index is 6.42. The van der Waals surface area contributed by atoms with Gasteiger partial charge in [0.2, 0.25) is 0 Å². The average Bonchev–Trinajstić information content (AvgIpc) is 3.27. The minimum atomic E-state index is 0.492. The Hall–Kier alpha value is -1.24. The van der Waals surface area contributed by atoms with Crippen LogP contribution in [-0.4, -0.2) is 46.0 Å². The molecular weight excluding hydrogens is 342 g/mol. The number of aromatic nitrogens is 3. The standard InChI is InChI=1S/C17H22ClN5S/c18-16-15(24-17(21-16)23-8-1-2-9-23)11-22-7-3-4-13(10-22)14-5-6-19-12-20-14/h5-6,12-13H,1-4,7-11H2/t13-/m0/s1. The first-order chi connectivity index (χ1) is 11.8. The van der Waals surface area contributed by atoms with Gasteiger partial charge in [0.1, 0.15) is 11.5 Å². The van der Waals surface area contributed by atoms with Gasteiger partial charge in [-0.25, -0.2) is 15.0 Å². The molecule has 2 aliphatic rings. The van der Waals surface area contributed by atoms with Crippen molar-refractivity contribution in [1.82, 2.24) is 19.9 Å². The summed E-state index contributed by atoms with van der Waals surface area (Å²) in [6.07, 6.45) is 8.41. The summed E-state index contributed by atoms with van der Waals surface area (Å²) in [4.78, 5) is 19.1. The van der Waals surface area contributed by atoms with Crippen LogP contribution in [0, 0.1) is 0 Å². The minimum absolute atomic E-state index is 0.492. The second-order valence-corrected chi connectivity index (χ2v) is 8.03. The molecule has 2 fully saturated rings. The summed E-state index contributed by atoms with van der Waals surface area (Å²) >= 11 is 8.18. The number of anilines is 1. The van der Waals surface area contributed by atoms with Crippen molar-refractivity contribution in [2.45, 2.75) is 38.1 Å². The van der Waals surface area contributed by atoms with Crippen LogP contribution in [0.15, 0.2) is 18.6 Å². The molecule has 1 atom stereocenters. The van der Waals surface area contributed by atoms with Gasteiger partial charge in [0.05, 0.1) is 4.88 Å². The summed E-state index contributed by atoms with van der Waals surface area (Å²) in [6.45, 7) is 5.27. The summed E-state index contributed by atoms with van der Waals surface area (Å²) in [6, 6.07) is 2.04. The first-order valence-electron chi connectivity index (χ1n) is 8.68. The van der Waals surface area contributed by atoms with Gasteiger partial charge >= 0.3 is 0 Å². The zero-order chi connectivity index (χ0) is 16.4. The second-order valence-electron chi connectivity index (χ2n) is 6.61. The summed E-state index contributed by atoms with van der Waals surface area (Å²) in [7, 11) is 0.